The van der Waals surface area contributed by atoms with E-state index in [0.29, 0.717) is 6.04 Å². The Bertz CT molecular complexity index is 433. The largest absolute Gasteiger partial charge is 0.496 e. The fraction of sp³-hybridized carbons (Fsp3) is 0.625. The van der Waals surface area contributed by atoms with Crippen molar-refractivity contribution in [3.63, 3.8) is 0 Å². The molecule has 2 nitrogen and oxygen atoms in total. The molecule has 0 aliphatic heterocycles. The fourth-order valence-corrected chi connectivity index (χ4v) is 3.62. The van der Waals surface area contributed by atoms with Crippen LogP contribution in [-0.2, 0) is 6.42 Å². The molecule has 2 rings (SSSR count). The second-order valence-corrected chi connectivity index (χ2v) is 6.38. The number of benzene rings is 1. The first-order valence-corrected chi connectivity index (χ1v) is 8.05. The predicted molar refractivity (Wildman–Crippen MR) is 83.8 cm³/mol. The molecule has 0 spiro atoms. The van der Waals surface area contributed by atoms with Crippen molar-refractivity contribution in [3.8, 4) is 5.75 Å². The van der Waals surface area contributed by atoms with Crippen molar-refractivity contribution in [2.75, 3.05) is 13.7 Å². The average Bonchev–Trinajstić information content (AvgIpc) is 2.57. The Morgan fingerprint density at radius 3 is 2.89 bits per heavy atom. The maximum atomic E-state index is 5.56. The minimum absolute atomic E-state index is 0.442. The Morgan fingerprint density at radius 1 is 1.42 bits per heavy atom. The summed E-state index contributed by atoms with van der Waals surface area (Å²) >= 11 is 3.74. The van der Waals surface area contributed by atoms with Gasteiger partial charge in [-0.3, -0.25) is 0 Å². The molecule has 0 amide bonds. The summed E-state index contributed by atoms with van der Waals surface area (Å²) in [4.78, 5) is 0. The second kappa shape index (κ2) is 6.76. The summed E-state index contributed by atoms with van der Waals surface area (Å²) in [5.41, 5.74) is 2.80. The number of methoxy groups -OCH3 is 1. The summed E-state index contributed by atoms with van der Waals surface area (Å²) < 4.78 is 6.78. The predicted octanol–water partition coefficient (Wildman–Crippen LogP) is 4.47. The van der Waals surface area contributed by atoms with Crippen LogP contribution in [0.3, 0.4) is 0 Å². The van der Waals surface area contributed by atoms with Crippen molar-refractivity contribution in [2.45, 2.75) is 45.6 Å². The van der Waals surface area contributed by atoms with Gasteiger partial charge in [0.2, 0.25) is 0 Å². The minimum atomic E-state index is 0.442. The lowest BCUT2D eigenvalue weighted by atomic mass is 9.96. The Kier molecular flexibility index (Phi) is 5.28. The lowest BCUT2D eigenvalue weighted by Gasteiger charge is -2.23. The van der Waals surface area contributed by atoms with Gasteiger partial charge in [-0.2, -0.15) is 0 Å². The maximum absolute atomic E-state index is 5.56. The van der Waals surface area contributed by atoms with E-state index in [2.05, 4.69) is 47.2 Å². The number of rotatable bonds is 4. The molecule has 0 saturated carbocycles. The van der Waals surface area contributed by atoms with Crippen LogP contribution in [0.4, 0.5) is 0 Å². The van der Waals surface area contributed by atoms with Crippen LogP contribution in [0.15, 0.2) is 16.6 Å². The van der Waals surface area contributed by atoms with E-state index in [4.69, 9.17) is 4.74 Å². The van der Waals surface area contributed by atoms with Crippen molar-refractivity contribution in [1.82, 2.24) is 5.32 Å². The summed E-state index contributed by atoms with van der Waals surface area (Å²) in [5, 5.41) is 3.70. The molecule has 0 saturated heterocycles. The van der Waals surface area contributed by atoms with Crippen molar-refractivity contribution in [2.24, 2.45) is 5.92 Å². The second-order valence-electron chi connectivity index (χ2n) is 5.53. The molecule has 19 heavy (non-hydrogen) atoms. The van der Waals surface area contributed by atoms with E-state index in [1.165, 1.54) is 34.9 Å². The molecule has 0 aromatic heterocycles. The first-order valence-electron chi connectivity index (χ1n) is 7.26. The number of fused-ring (bicyclic) bond motifs is 1. The zero-order valence-corrected chi connectivity index (χ0v) is 13.7. The Morgan fingerprint density at radius 2 is 2.21 bits per heavy atom. The highest BCUT2D eigenvalue weighted by Crippen LogP contribution is 2.40. The monoisotopic (exact) mass is 325 g/mol. The highest BCUT2D eigenvalue weighted by molar-refractivity contribution is 9.10. The van der Waals surface area contributed by atoms with Gasteiger partial charge < -0.3 is 10.1 Å². The normalized spacial score (nSPS) is 22.7. The molecule has 1 aromatic rings. The number of hydrogen-bond acceptors (Lipinski definition) is 2. The number of ether oxygens (including phenoxy) is 1. The maximum Gasteiger partial charge on any atom is 0.122 e. The van der Waals surface area contributed by atoms with E-state index in [1.807, 2.05) is 0 Å². The van der Waals surface area contributed by atoms with Crippen LogP contribution in [0.25, 0.3) is 0 Å². The molecule has 3 heteroatoms. The third-order valence-corrected chi connectivity index (χ3v) is 4.69. The zero-order chi connectivity index (χ0) is 13.8. The third-order valence-electron chi connectivity index (χ3n) is 4.00. The first kappa shape index (κ1) is 14.9. The number of nitrogens with one attached hydrogen (secondary N) is 1. The summed E-state index contributed by atoms with van der Waals surface area (Å²) in [5.74, 6) is 1.79. The van der Waals surface area contributed by atoms with Crippen LogP contribution in [-0.4, -0.2) is 13.7 Å². The standard InChI is InChI=1S/C16H24BrNO/c1-4-9-18-14-10-11(2)5-6-12-15(19-3)8-7-13(17)16(12)14/h7-8,11,14,18H,4-6,9-10H2,1-3H3. The highest BCUT2D eigenvalue weighted by Gasteiger charge is 2.26. The summed E-state index contributed by atoms with van der Waals surface area (Å²) in [6, 6.07) is 4.64. The van der Waals surface area contributed by atoms with Gasteiger partial charge in [0, 0.05) is 16.1 Å². The van der Waals surface area contributed by atoms with Gasteiger partial charge >= 0.3 is 0 Å². The summed E-state index contributed by atoms with van der Waals surface area (Å²) in [7, 11) is 1.77. The molecule has 0 bridgehead atoms. The summed E-state index contributed by atoms with van der Waals surface area (Å²) in [6.45, 7) is 5.64. The molecule has 0 heterocycles. The van der Waals surface area contributed by atoms with Gasteiger partial charge in [-0.1, -0.05) is 29.8 Å². The Hall–Kier alpha value is -0.540. The SMILES string of the molecule is CCCNC1CC(C)CCc2c(OC)ccc(Br)c21. The number of halogens is 1. The third kappa shape index (κ3) is 3.32. The van der Waals surface area contributed by atoms with Gasteiger partial charge in [0.1, 0.15) is 5.75 Å². The van der Waals surface area contributed by atoms with Crippen molar-refractivity contribution >= 4 is 15.9 Å². The van der Waals surface area contributed by atoms with Gasteiger partial charge in [-0.25, -0.2) is 0 Å². The molecular formula is C16H24BrNO. The topological polar surface area (TPSA) is 21.3 Å². The van der Waals surface area contributed by atoms with Crippen LogP contribution in [0.2, 0.25) is 0 Å². The molecule has 1 N–H and O–H groups in total. The average molecular weight is 326 g/mol. The van der Waals surface area contributed by atoms with Crippen LogP contribution < -0.4 is 10.1 Å². The summed E-state index contributed by atoms with van der Waals surface area (Å²) in [6.07, 6.45) is 4.73. The van der Waals surface area contributed by atoms with Gasteiger partial charge in [0.05, 0.1) is 7.11 Å². The van der Waals surface area contributed by atoms with Gasteiger partial charge in [-0.05, 0) is 55.8 Å². The molecule has 1 aliphatic carbocycles. The fourth-order valence-electron chi connectivity index (χ4n) is 2.97. The van der Waals surface area contributed by atoms with Gasteiger partial charge in [0.25, 0.3) is 0 Å². The molecule has 0 fully saturated rings. The first-order chi connectivity index (χ1) is 9.17. The van der Waals surface area contributed by atoms with E-state index in [-0.39, 0.29) is 0 Å². The number of hydrogen-bond donors (Lipinski definition) is 1. The molecule has 2 atom stereocenters. The van der Waals surface area contributed by atoms with Gasteiger partial charge in [-0.15, -0.1) is 0 Å². The van der Waals surface area contributed by atoms with Crippen molar-refractivity contribution in [3.05, 3.63) is 27.7 Å². The molecular weight excluding hydrogens is 302 g/mol. The smallest absolute Gasteiger partial charge is 0.122 e. The lowest BCUT2D eigenvalue weighted by Crippen LogP contribution is -2.24. The van der Waals surface area contributed by atoms with E-state index < -0.39 is 0 Å². The highest BCUT2D eigenvalue weighted by atomic mass is 79.9. The molecule has 106 valence electrons. The molecule has 1 aliphatic rings. The van der Waals surface area contributed by atoms with E-state index in [9.17, 15) is 0 Å². The van der Waals surface area contributed by atoms with Crippen LogP contribution >= 0.6 is 15.9 Å². The lowest BCUT2D eigenvalue weighted by molar-refractivity contribution is 0.407. The van der Waals surface area contributed by atoms with Crippen LogP contribution in [0.5, 0.6) is 5.75 Å². The Labute approximate surface area is 125 Å². The Balaban J connectivity index is 2.42. The quantitative estimate of drug-likeness (QED) is 0.824. The van der Waals surface area contributed by atoms with Gasteiger partial charge in [0.15, 0.2) is 0 Å². The van der Waals surface area contributed by atoms with E-state index in [1.54, 1.807) is 7.11 Å². The van der Waals surface area contributed by atoms with E-state index in [0.717, 1.165) is 24.6 Å². The molecule has 0 radical (unpaired) electrons. The zero-order valence-electron chi connectivity index (χ0n) is 12.1. The van der Waals surface area contributed by atoms with Crippen LogP contribution in [0.1, 0.15) is 50.3 Å². The molecule has 2 unspecified atom stereocenters. The molecule has 1 aromatic carbocycles. The van der Waals surface area contributed by atoms with Crippen LogP contribution in [0, 0.1) is 5.92 Å². The van der Waals surface area contributed by atoms with Crippen molar-refractivity contribution in [1.29, 1.82) is 0 Å². The van der Waals surface area contributed by atoms with E-state index >= 15 is 0 Å². The minimum Gasteiger partial charge on any atom is -0.496 e. The van der Waals surface area contributed by atoms with Crippen molar-refractivity contribution < 1.29 is 4.74 Å².